The molecular weight excluding hydrogens is 226 g/mol. The van der Waals surface area contributed by atoms with E-state index in [0.29, 0.717) is 5.92 Å². The van der Waals surface area contributed by atoms with Gasteiger partial charge < -0.3 is 10.4 Å². The van der Waals surface area contributed by atoms with Crippen LogP contribution in [0.2, 0.25) is 0 Å². The van der Waals surface area contributed by atoms with Crippen molar-refractivity contribution in [3.05, 3.63) is 35.9 Å². The zero-order chi connectivity index (χ0) is 13.4. The van der Waals surface area contributed by atoms with Crippen LogP contribution in [-0.2, 0) is 4.79 Å². The summed E-state index contributed by atoms with van der Waals surface area (Å²) in [6, 6.07) is 9.11. The number of hydrogen-bond acceptors (Lipinski definition) is 2. The van der Waals surface area contributed by atoms with E-state index in [1.807, 2.05) is 44.2 Å². The van der Waals surface area contributed by atoms with Crippen LogP contribution in [0.25, 0.3) is 0 Å². The molecule has 0 aliphatic rings. The summed E-state index contributed by atoms with van der Waals surface area (Å²) in [5.74, 6) is 5.38. The highest BCUT2D eigenvalue weighted by Crippen LogP contribution is 2.03. The van der Waals surface area contributed by atoms with Gasteiger partial charge >= 0.3 is 0 Å². The van der Waals surface area contributed by atoms with E-state index in [1.54, 1.807) is 0 Å². The molecule has 3 heteroatoms. The minimum absolute atomic E-state index is 0.0586. The number of amides is 1. The van der Waals surface area contributed by atoms with Gasteiger partial charge in [0.15, 0.2) is 0 Å². The molecule has 96 valence electrons. The van der Waals surface area contributed by atoms with Crippen molar-refractivity contribution in [1.29, 1.82) is 0 Å². The van der Waals surface area contributed by atoms with Crippen molar-refractivity contribution in [2.45, 2.75) is 26.3 Å². The summed E-state index contributed by atoms with van der Waals surface area (Å²) in [5.41, 5.74) is 0.803. The minimum Gasteiger partial charge on any atom is -0.394 e. The van der Waals surface area contributed by atoms with Crippen molar-refractivity contribution in [1.82, 2.24) is 5.32 Å². The number of rotatable bonds is 4. The standard InChI is InChI=1S/C15H19NO2/c1-12(2)10-14(11-17)16-15(18)9-8-13-6-4-3-5-7-13/h3-7,12,14,17H,10-11H2,1-2H3,(H,16,18). The molecule has 0 saturated heterocycles. The zero-order valence-electron chi connectivity index (χ0n) is 10.8. The molecule has 0 bridgehead atoms. The van der Waals surface area contributed by atoms with Gasteiger partial charge in [0.05, 0.1) is 12.6 Å². The van der Waals surface area contributed by atoms with Crippen molar-refractivity contribution in [2.75, 3.05) is 6.61 Å². The number of nitrogens with one attached hydrogen (secondary N) is 1. The Kier molecular flexibility index (Phi) is 5.96. The first-order chi connectivity index (χ1) is 8.61. The Morgan fingerprint density at radius 2 is 2.00 bits per heavy atom. The third kappa shape index (κ3) is 5.51. The fraction of sp³-hybridized carbons (Fsp3) is 0.400. The second-order valence-corrected chi connectivity index (χ2v) is 4.60. The first-order valence-electron chi connectivity index (χ1n) is 6.10. The topological polar surface area (TPSA) is 49.3 Å². The van der Waals surface area contributed by atoms with E-state index in [0.717, 1.165) is 12.0 Å². The Bertz CT molecular complexity index is 429. The summed E-state index contributed by atoms with van der Waals surface area (Å²) in [6.07, 6.45) is 0.745. The summed E-state index contributed by atoms with van der Waals surface area (Å²) in [6.45, 7) is 4.03. The number of hydrogen-bond donors (Lipinski definition) is 2. The third-order valence-corrected chi connectivity index (χ3v) is 2.41. The second kappa shape index (κ2) is 7.52. The van der Waals surface area contributed by atoms with E-state index in [1.165, 1.54) is 0 Å². The molecule has 0 aromatic heterocycles. The molecule has 1 amide bonds. The molecule has 3 nitrogen and oxygen atoms in total. The first kappa shape index (κ1) is 14.3. The zero-order valence-corrected chi connectivity index (χ0v) is 10.8. The molecule has 0 radical (unpaired) electrons. The van der Waals surface area contributed by atoms with Gasteiger partial charge in [-0.25, -0.2) is 0 Å². The van der Waals surface area contributed by atoms with E-state index in [2.05, 4.69) is 17.2 Å². The summed E-state index contributed by atoms with van der Waals surface area (Å²) in [5, 5.41) is 11.9. The largest absolute Gasteiger partial charge is 0.394 e. The van der Waals surface area contributed by atoms with Crippen LogP contribution < -0.4 is 5.32 Å². The molecule has 0 aliphatic carbocycles. The van der Waals surface area contributed by atoms with Gasteiger partial charge in [0.25, 0.3) is 5.91 Å². The molecule has 0 heterocycles. The highest BCUT2D eigenvalue weighted by molar-refractivity contribution is 5.94. The smallest absolute Gasteiger partial charge is 0.296 e. The van der Waals surface area contributed by atoms with E-state index in [-0.39, 0.29) is 18.6 Å². The fourth-order valence-electron chi connectivity index (χ4n) is 1.62. The molecule has 0 aliphatic heterocycles. The quantitative estimate of drug-likeness (QED) is 0.791. The molecular formula is C15H19NO2. The van der Waals surface area contributed by atoms with E-state index in [9.17, 15) is 4.79 Å². The predicted molar refractivity (Wildman–Crippen MR) is 71.8 cm³/mol. The average Bonchev–Trinajstić information content (AvgIpc) is 2.36. The Morgan fingerprint density at radius 3 is 2.56 bits per heavy atom. The lowest BCUT2D eigenvalue weighted by Crippen LogP contribution is -2.37. The lowest BCUT2D eigenvalue weighted by Gasteiger charge is -2.16. The van der Waals surface area contributed by atoms with Gasteiger partial charge in [-0.15, -0.1) is 0 Å². The van der Waals surface area contributed by atoms with Gasteiger partial charge in [-0.2, -0.15) is 0 Å². The lowest BCUT2D eigenvalue weighted by atomic mass is 10.0. The Hall–Kier alpha value is -1.79. The van der Waals surface area contributed by atoms with Crippen LogP contribution >= 0.6 is 0 Å². The Balaban J connectivity index is 2.53. The number of benzene rings is 1. The molecule has 0 saturated carbocycles. The maximum absolute atomic E-state index is 11.6. The van der Waals surface area contributed by atoms with Gasteiger partial charge in [0, 0.05) is 11.5 Å². The molecule has 2 N–H and O–H groups in total. The van der Waals surface area contributed by atoms with Crippen LogP contribution in [0.3, 0.4) is 0 Å². The number of carbonyl (C=O) groups is 1. The highest BCUT2D eigenvalue weighted by Gasteiger charge is 2.11. The first-order valence-corrected chi connectivity index (χ1v) is 6.10. The number of aliphatic hydroxyl groups excluding tert-OH is 1. The van der Waals surface area contributed by atoms with Gasteiger partial charge in [0.1, 0.15) is 0 Å². The molecule has 1 unspecified atom stereocenters. The van der Waals surface area contributed by atoms with Crippen LogP contribution in [0.1, 0.15) is 25.8 Å². The van der Waals surface area contributed by atoms with E-state index >= 15 is 0 Å². The maximum atomic E-state index is 11.6. The van der Waals surface area contributed by atoms with Crippen LogP contribution in [0.15, 0.2) is 30.3 Å². The van der Waals surface area contributed by atoms with Gasteiger partial charge in [-0.1, -0.05) is 38.0 Å². The third-order valence-electron chi connectivity index (χ3n) is 2.41. The van der Waals surface area contributed by atoms with E-state index < -0.39 is 0 Å². The van der Waals surface area contributed by atoms with Crippen molar-refractivity contribution < 1.29 is 9.90 Å². The van der Waals surface area contributed by atoms with E-state index in [4.69, 9.17) is 5.11 Å². The molecule has 1 aromatic carbocycles. The Morgan fingerprint density at radius 1 is 1.33 bits per heavy atom. The molecule has 1 rings (SSSR count). The van der Waals surface area contributed by atoms with Crippen LogP contribution in [0.4, 0.5) is 0 Å². The molecule has 0 spiro atoms. The number of carbonyl (C=O) groups excluding carboxylic acids is 1. The van der Waals surface area contributed by atoms with Crippen LogP contribution in [-0.4, -0.2) is 23.7 Å². The van der Waals surface area contributed by atoms with Crippen molar-refractivity contribution in [2.24, 2.45) is 5.92 Å². The summed E-state index contributed by atoms with van der Waals surface area (Å²) in [4.78, 5) is 11.6. The molecule has 0 fully saturated rings. The van der Waals surface area contributed by atoms with Crippen molar-refractivity contribution in [3.8, 4) is 11.8 Å². The van der Waals surface area contributed by atoms with Crippen molar-refractivity contribution in [3.63, 3.8) is 0 Å². The van der Waals surface area contributed by atoms with Gasteiger partial charge in [0.2, 0.25) is 0 Å². The second-order valence-electron chi connectivity index (χ2n) is 4.60. The maximum Gasteiger partial charge on any atom is 0.296 e. The Labute approximate surface area is 108 Å². The molecule has 18 heavy (non-hydrogen) atoms. The minimum atomic E-state index is -0.349. The van der Waals surface area contributed by atoms with Gasteiger partial charge in [-0.3, -0.25) is 4.79 Å². The SMILES string of the molecule is CC(C)CC(CO)NC(=O)C#Cc1ccccc1. The summed E-state index contributed by atoms with van der Waals surface area (Å²) in [7, 11) is 0. The predicted octanol–water partition coefficient (Wildman–Crippen LogP) is 1.56. The van der Waals surface area contributed by atoms with Gasteiger partial charge in [-0.05, 0) is 24.5 Å². The lowest BCUT2D eigenvalue weighted by molar-refractivity contribution is -0.116. The van der Waals surface area contributed by atoms with Crippen molar-refractivity contribution >= 4 is 5.91 Å². The van der Waals surface area contributed by atoms with Crippen LogP contribution in [0, 0.1) is 17.8 Å². The molecule has 1 atom stereocenters. The summed E-state index contributed by atoms with van der Waals surface area (Å²) < 4.78 is 0. The highest BCUT2D eigenvalue weighted by atomic mass is 16.3. The average molecular weight is 245 g/mol. The monoisotopic (exact) mass is 245 g/mol. The number of aliphatic hydroxyl groups is 1. The normalized spacial score (nSPS) is 11.6. The van der Waals surface area contributed by atoms with Crippen LogP contribution in [0.5, 0.6) is 0 Å². The molecule has 1 aromatic rings. The summed E-state index contributed by atoms with van der Waals surface area (Å²) >= 11 is 0. The fourth-order valence-corrected chi connectivity index (χ4v) is 1.62.